The Hall–Kier alpha value is -1.15. The van der Waals surface area contributed by atoms with Crippen LogP contribution >= 0.6 is 0 Å². The van der Waals surface area contributed by atoms with Crippen LogP contribution in [-0.4, -0.2) is 23.9 Å². The Morgan fingerprint density at radius 3 is 1.96 bits per heavy atom. The van der Waals surface area contributed by atoms with E-state index in [1.165, 1.54) is 18.2 Å². The lowest BCUT2D eigenvalue weighted by Gasteiger charge is -2.38. The van der Waals surface area contributed by atoms with Gasteiger partial charge in [0, 0.05) is 5.92 Å². The third kappa shape index (κ3) is 4.06. The van der Waals surface area contributed by atoms with Crippen LogP contribution in [0.4, 0.5) is 39.5 Å². The molecule has 0 nitrogen and oxygen atoms in total. The average Bonchev–Trinajstić information content (AvgIpc) is 2.94. The number of hydrogen-bond acceptors (Lipinski definition) is 0. The summed E-state index contributed by atoms with van der Waals surface area (Å²) < 4.78 is 119. The first-order valence-corrected chi connectivity index (χ1v) is 8.23. The lowest BCUT2D eigenvalue weighted by molar-refractivity contribution is -0.404. The summed E-state index contributed by atoms with van der Waals surface area (Å²) in [5, 5.41) is 0. The third-order valence-electron chi connectivity index (χ3n) is 4.72. The van der Waals surface area contributed by atoms with Gasteiger partial charge < -0.3 is 0 Å². The van der Waals surface area contributed by atoms with E-state index in [0.717, 1.165) is 6.42 Å². The Morgan fingerprint density at radius 2 is 1.50 bits per heavy atom. The molecule has 26 heavy (non-hydrogen) atoms. The summed E-state index contributed by atoms with van der Waals surface area (Å²) in [5.41, 5.74) is 0. The van der Waals surface area contributed by atoms with Crippen molar-refractivity contribution >= 4 is 0 Å². The maximum atomic E-state index is 14.3. The molecular weight excluding hydrogens is 375 g/mol. The van der Waals surface area contributed by atoms with Gasteiger partial charge in [-0.15, -0.1) is 6.58 Å². The Bertz CT molecular complexity index is 505. The van der Waals surface area contributed by atoms with Gasteiger partial charge >= 0.3 is 23.9 Å². The number of allylic oxidation sites excluding steroid dienone is 3. The van der Waals surface area contributed by atoms with Crippen molar-refractivity contribution in [3.63, 3.8) is 0 Å². The first-order valence-electron chi connectivity index (χ1n) is 8.23. The largest absolute Gasteiger partial charge is 0.460 e. The van der Waals surface area contributed by atoms with E-state index in [1.807, 2.05) is 6.92 Å². The maximum absolute atomic E-state index is 14.3. The lowest BCUT2D eigenvalue weighted by Crippen LogP contribution is -2.63. The summed E-state index contributed by atoms with van der Waals surface area (Å²) >= 11 is 0. The molecule has 0 aromatic carbocycles. The number of unbranched alkanes of at least 4 members (excludes halogenated alkanes) is 2. The minimum atomic E-state index is -6.84. The van der Waals surface area contributed by atoms with Crippen molar-refractivity contribution in [3.8, 4) is 0 Å². The quantitative estimate of drug-likeness (QED) is 0.235. The molecule has 0 bridgehead atoms. The molecule has 1 aliphatic rings. The molecule has 0 N–H and O–H groups in total. The van der Waals surface area contributed by atoms with Gasteiger partial charge in [-0.1, -0.05) is 38.0 Å². The van der Waals surface area contributed by atoms with E-state index in [1.54, 1.807) is 0 Å². The van der Waals surface area contributed by atoms with Crippen LogP contribution in [-0.2, 0) is 0 Å². The second kappa shape index (κ2) is 7.84. The van der Waals surface area contributed by atoms with Crippen molar-refractivity contribution in [1.29, 1.82) is 0 Å². The summed E-state index contributed by atoms with van der Waals surface area (Å²) in [5.74, 6) is -23.2. The molecule has 1 saturated carbocycles. The summed E-state index contributed by atoms with van der Waals surface area (Å²) in [6, 6.07) is 0. The standard InChI is InChI=1S/C17H21F9/c1-3-5-6-7-8-12-9-11(4-2)10-13(12)14(18,19)15(20,21)16(22,23)17(24,25)26/h4,7-8,11-13H,2-3,5-6,9-10H2,1H3/b8-7+. The molecule has 9 heteroatoms. The number of hydrogen-bond donors (Lipinski definition) is 0. The molecule has 1 aliphatic carbocycles. The van der Waals surface area contributed by atoms with Crippen molar-refractivity contribution in [2.45, 2.75) is 63.0 Å². The summed E-state index contributed by atoms with van der Waals surface area (Å²) in [7, 11) is 0. The van der Waals surface area contributed by atoms with E-state index in [2.05, 4.69) is 6.58 Å². The zero-order valence-electron chi connectivity index (χ0n) is 14.1. The molecule has 0 saturated heterocycles. The Labute approximate surface area is 146 Å². The van der Waals surface area contributed by atoms with E-state index in [0.29, 0.717) is 12.8 Å². The van der Waals surface area contributed by atoms with Crippen LogP contribution in [0.2, 0.25) is 0 Å². The number of rotatable bonds is 8. The molecular formula is C17H21F9. The fraction of sp³-hybridized carbons (Fsp3) is 0.765. The molecule has 0 heterocycles. The van der Waals surface area contributed by atoms with Crippen LogP contribution in [0.3, 0.4) is 0 Å². The molecule has 0 aromatic heterocycles. The van der Waals surface area contributed by atoms with Crippen LogP contribution in [0, 0.1) is 17.8 Å². The Kier molecular flexibility index (Phi) is 6.90. The summed E-state index contributed by atoms with van der Waals surface area (Å²) in [4.78, 5) is 0. The van der Waals surface area contributed by atoms with Crippen molar-refractivity contribution in [2.24, 2.45) is 17.8 Å². The molecule has 3 unspecified atom stereocenters. The van der Waals surface area contributed by atoms with Crippen molar-refractivity contribution in [3.05, 3.63) is 24.8 Å². The van der Waals surface area contributed by atoms with Gasteiger partial charge in [0.05, 0.1) is 0 Å². The fourth-order valence-electron chi connectivity index (χ4n) is 3.15. The molecule has 0 radical (unpaired) electrons. The highest BCUT2D eigenvalue weighted by Crippen LogP contribution is 2.59. The van der Waals surface area contributed by atoms with Gasteiger partial charge in [0.15, 0.2) is 0 Å². The Morgan fingerprint density at radius 1 is 0.923 bits per heavy atom. The Balaban J connectivity index is 3.20. The van der Waals surface area contributed by atoms with Crippen LogP contribution in [0.1, 0.15) is 39.0 Å². The smallest absolute Gasteiger partial charge is 0.199 e. The number of alkyl halides is 9. The minimum Gasteiger partial charge on any atom is -0.199 e. The molecule has 0 amide bonds. The molecule has 3 atom stereocenters. The predicted molar refractivity (Wildman–Crippen MR) is 79.5 cm³/mol. The van der Waals surface area contributed by atoms with Crippen LogP contribution in [0.5, 0.6) is 0 Å². The van der Waals surface area contributed by atoms with Crippen molar-refractivity contribution < 1.29 is 39.5 Å². The average molecular weight is 396 g/mol. The van der Waals surface area contributed by atoms with Gasteiger partial charge in [-0.05, 0) is 31.1 Å². The van der Waals surface area contributed by atoms with Gasteiger partial charge in [-0.3, -0.25) is 0 Å². The normalized spacial score (nSPS) is 25.8. The minimum absolute atomic E-state index is 0.0555. The highest BCUT2D eigenvalue weighted by molar-refractivity contribution is 5.11. The molecule has 152 valence electrons. The van der Waals surface area contributed by atoms with Gasteiger partial charge in [-0.2, -0.15) is 39.5 Å². The van der Waals surface area contributed by atoms with Crippen LogP contribution in [0.25, 0.3) is 0 Å². The summed E-state index contributed by atoms with van der Waals surface area (Å²) in [6.45, 7) is 5.24. The highest BCUT2D eigenvalue weighted by Gasteiger charge is 2.83. The van der Waals surface area contributed by atoms with Crippen LogP contribution in [0.15, 0.2) is 24.8 Å². The molecule has 0 aromatic rings. The highest BCUT2D eigenvalue weighted by atomic mass is 19.4. The van der Waals surface area contributed by atoms with Crippen molar-refractivity contribution in [1.82, 2.24) is 0 Å². The van der Waals surface area contributed by atoms with Gasteiger partial charge in [0.1, 0.15) is 0 Å². The predicted octanol–water partition coefficient (Wildman–Crippen LogP) is 7.03. The maximum Gasteiger partial charge on any atom is 0.460 e. The lowest BCUT2D eigenvalue weighted by atomic mass is 9.83. The zero-order chi connectivity index (χ0) is 20.4. The van der Waals surface area contributed by atoms with E-state index < -0.39 is 48.1 Å². The van der Waals surface area contributed by atoms with Gasteiger partial charge in [0.25, 0.3) is 0 Å². The topological polar surface area (TPSA) is 0 Å². The van der Waals surface area contributed by atoms with E-state index >= 15 is 0 Å². The molecule has 0 spiro atoms. The van der Waals surface area contributed by atoms with E-state index in [4.69, 9.17) is 0 Å². The SMILES string of the molecule is C=CC1CC(/C=C/CCCC)C(C(F)(F)C(F)(F)C(F)(F)C(F)(F)F)C1. The van der Waals surface area contributed by atoms with E-state index in [9.17, 15) is 39.5 Å². The monoisotopic (exact) mass is 396 g/mol. The number of halogens is 9. The fourth-order valence-corrected chi connectivity index (χ4v) is 3.15. The zero-order valence-corrected chi connectivity index (χ0v) is 14.1. The first kappa shape index (κ1) is 22.9. The molecule has 0 aliphatic heterocycles. The first-order chi connectivity index (χ1) is 11.7. The second-order valence-electron chi connectivity index (χ2n) is 6.58. The van der Waals surface area contributed by atoms with Gasteiger partial charge in [0.2, 0.25) is 0 Å². The van der Waals surface area contributed by atoms with Crippen molar-refractivity contribution in [2.75, 3.05) is 0 Å². The van der Waals surface area contributed by atoms with Crippen LogP contribution < -0.4 is 0 Å². The molecule has 1 rings (SSSR count). The third-order valence-corrected chi connectivity index (χ3v) is 4.72. The van der Waals surface area contributed by atoms with E-state index in [-0.39, 0.29) is 6.42 Å². The van der Waals surface area contributed by atoms with Gasteiger partial charge in [-0.25, -0.2) is 0 Å². The molecule has 1 fully saturated rings. The summed E-state index contributed by atoms with van der Waals surface area (Å²) in [6.07, 6.45) is -1.59. The second-order valence-corrected chi connectivity index (χ2v) is 6.58.